The minimum atomic E-state index is -0.992. The Morgan fingerprint density at radius 2 is 2.14 bits per heavy atom. The van der Waals surface area contributed by atoms with Gasteiger partial charge in [0.2, 0.25) is 0 Å². The van der Waals surface area contributed by atoms with Gasteiger partial charge in [0.25, 0.3) is 0 Å². The quantitative estimate of drug-likeness (QED) is 0.812. The first-order valence-electron chi connectivity index (χ1n) is 4.17. The van der Waals surface area contributed by atoms with Crippen molar-refractivity contribution >= 4 is 5.97 Å². The minimum Gasteiger partial charge on any atom is -0.481 e. The van der Waals surface area contributed by atoms with Gasteiger partial charge in [-0.25, -0.2) is 8.78 Å². The zero-order chi connectivity index (χ0) is 10.7. The predicted octanol–water partition coefficient (Wildman–Crippen LogP) is 2.23. The molecule has 0 spiro atoms. The summed E-state index contributed by atoms with van der Waals surface area (Å²) in [7, 11) is 0. The van der Waals surface area contributed by atoms with Crippen molar-refractivity contribution in [2.24, 2.45) is 5.92 Å². The minimum absolute atomic E-state index is 0.0709. The van der Waals surface area contributed by atoms with Gasteiger partial charge in [-0.15, -0.1) is 0 Å². The molecule has 1 rings (SSSR count). The number of benzene rings is 1. The number of carboxylic acids is 1. The van der Waals surface area contributed by atoms with E-state index in [4.69, 9.17) is 5.11 Å². The monoisotopic (exact) mass is 200 g/mol. The average molecular weight is 200 g/mol. The molecule has 2 nitrogen and oxygen atoms in total. The molecule has 14 heavy (non-hydrogen) atoms. The van der Waals surface area contributed by atoms with Gasteiger partial charge in [0.15, 0.2) is 0 Å². The van der Waals surface area contributed by atoms with Crippen molar-refractivity contribution < 1.29 is 18.7 Å². The van der Waals surface area contributed by atoms with Gasteiger partial charge >= 0.3 is 5.97 Å². The molecule has 76 valence electrons. The molecule has 4 heteroatoms. The number of hydrogen-bond donors (Lipinski definition) is 1. The molecule has 1 N–H and O–H groups in total. The molecule has 0 aromatic heterocycles. The van der Waals surface area contributed by atoms with Gasteiger partial charge in [-0.3, -0.25) is 4.79 Å². The molecule has 0 saturated carbocycles. The van der Waals surface area contributed by atoms with Crippen LogP contribution in [0.3, 0.4) is 0 Å². The fraction of sp³-hybridized carbons (Fsp3) is 0.300. The van der Waals surface area contributed by atoms with Gasteiger partial charge in [0, 0.05) is 6.07 Å². The Bertz CT molecular complexity index is 350. The van der Waals surface area contributed by atoms with Gasteiger partial charge in [-0.1, -0.05) is 13.0 Å². The maximum Gasteiger partial charge on any atom is 0.306 e. The number of rotatable bonds is 3. The highest BCUT2D eigenvalue weighted by Crippen LogP contribution is 2.14. The van der Waals surface area contributed by atoms with Gasteiger partial charge in [-0.05, 0) is 18.1 Å². The van der Waals surface area contributed by atoms with Crippen LogP contribution in [0.15, 0.2) is 18.2 Å². The van der Waals surface area contributed by atoms with Crippen molar-refractivity contribution in [3.05, 3.63) is 35.4 Å². The molecule has 0 amide bonds. The van der Waals surface area contributed by atoms with Crippen molar-refractivity contribution in [3.63, 3.8) is 0 Å². The second-order valence-electron chi connectivity index (χ2n) is 3.18. The molecule has 0 bridgehead atoms. The largest absolute Gasteiger partial charge is 0.481 e. The molecule has 0 aliphatic rings. The third-order valence-corrected chi connectivity index (χ3v) is 1.96. The highest BCUT2D eigenvalue weighted by Gasteiger charge is 2.14. The zero-order valence-corrected chi connectivity index (χ0v) is 7.63. The summed E-state index contributed by atoms with van der Waals surface area (Å²) in [6.07, 6.45) is 0.0709. The van der Waals surface area contributed by atoms with Crippen molar-refractivity contribution in [1.82, 2.24) is 0 Å². The van der Waals surface area contributed by atoms with Crippen molar-refractivity contribution in [2.75, 3.05) is 0 Å². The summed E-state index contributed by atoms with van der Waals surface area (Å²) in [5.41, 5.74) is 0.223. The van der Waals surface area contributed by atoms with Crippen LogP contribution in [0.5, 0.6) is 0 Å². The summed E-state index contributed by atoms with van der Waals surface area (Å²) in [5.74, 6) is -3.02. The topological polar surface area (TPSA) is 37.3 Å². The first kappa shape index (κ1) is 10.6. The van der Waals surface area contributed by atoms with E-state index in [-0.39, 0.29) is 12.0 Å². The number of halogens is 2. The molecular formula is C10H10F2O2. The van der Waals surface area contributed by atoms with Crippen LogP contribution in [0.1, 0.15) is 12.5 Å². The van der Waals surface area contributed by atoms with Crippen LogP contribution in [0.4, 0.5) is 8.78 Å². The van der Waals surface area contributed by atoms with Crippen LogP contribution in [-0.2, 0) is 11.2 Å². The summed E-state index contributed by atoms with van der Waals surface area (Å²) in [5, 5.41) is 8.59. The van der Waals surface area contributed by atoms with Crippen molar-refractivity contribution in [2.45, 2.75) is 13.3 Å². The Balaban J connectivity index is 2.82. The summed E-state index contributed by atoms with van der Waals surface area (Å²) < 4.78 is 25.5. The van der Waals surface area contributed by atoms with E-state index in [1.807, 2.05) is 0 Å². The van der Waals surface area contributed by atoms with Crippen LogP contribution in [0.2, 0.25) is 0 Å². The maximum absolute atomic E-state index is 13.0. The van der Waals surface area contributed by atoms with E-state index in [1.165, 1.54) is 13.0 Å². The number of aliphatic carboxylic acids is 1. The standard InChI is InChI=1S/C10H10F2O2/c1-6(10(13)14)4-7-2-3-8(11)5-9(7)12/h2-3,5-6H,4H2,1H3,(H,13,14)/t6-/m0/s1. The van der Waals surface area contributed by atoms with Crippen molar-refractivity contribution in [1.29, 1.82) is 0 Å². The molecule has 0 unspecified atom stereocenters. The summed E-state index contributed by atoms with van der Waals surface area (Å²) >= 11 is 0. The van der Waals surface area contributed by atoms with Gasteiger partial charge in [0.1, 0.15) is 11.6 Å². The molecule has 1 atom stereocenters. The summed E-state index contributed by atoms with van der Waals surface area (Å²) in [6.45, 7) is 1.48. The first-order valence-corrected chi connectivity index (χ1v) is 4.17. The van der Waals surface area contributed by atoms with Gasteiger partial charge < -0.3 is 5.11 Å². The van der Waals surface area contributed by atoms with Gasteiger partial charge in [-0.2, -0.15) is 0 Å². The molecule has 0 heterocycles. The third kappa shape index (κ3) is 2.52. The number of carbonyl (C=O) groups is 1. The van der Waals surface area contributed by atoms with Crippen LogP contribution in [0, 0.1) is 17.6 Å². The smallest absolute Gasteiger partial charge is 0.306 e. The van der Waals surface area contributed by atoms with E-state index >= 15 is 0 Å². The number of hydrogen-bond acceptors (Lipinski definition) is 1. The van der Waals surface area contributed by atoms with Crippen LogP contribution >= 0.6 is 0 Å². The van der Waals surface area contributed by atoms with Gasteiger partial charge in [0.05, 0.1) is 5.92 Å². The predicted molar refractivity (Wildman–Crippen MR) is 46.9 cm³/mol. The van der Waals surface area contributed by atoms with E-state index in [0.29, 0.717) is 0 Å². The average Bonchev–Trinajstić information content (AvgIpc) is 2.09. The summed E-state index contributed by atoms with van der Waals surface area (Å²) in [4.78, 5) is 10.5. The fourth-order valence-electron chi connectivity index (χ4n) is 1.10. The molecule has 0 aliphatic carbocycles. The Morgan fingerprint density at radius 3 is 2.64 bits per heavy atom. The fourth-order valence-corrected chi connectivity index (χ4v) is 1.10. The zero-order valence-electron chi connectivity index (χ0n) is 7.63. The molecule has 0 fully saturated rings. The number of carboxylic acid groups (broad SMARTS) is 1. The normalized spacial score (nSPS) is 12.5. The Morgan fingerprint density at radius 1 is 1.50 bits per heavy atom. The Labute approximate surface area is 80.2 Å². The first-order chi connectivity index (χ1) is 6.50. The molecule has 0 radical (unpaired) electrons. The lowest BCUT2D eigenvalue weighted by Crippen LogP contribution is -2.13. The summed E-state index contributed by atoms with van der Waals surface area (Å²) in [6, 6.07) is 3.14. The van der Waals surface area contributed by atoms with Crippen LogP contribution in [0.25, 0.3) is 0 Å². The van der Waals surface area contributed by atoms with E-state index in [1.54, 1.807) is 0 Å². The Hall–Kier alpha value is -1.45. The Kier molecular flexibility index (Phi) is 3.17. The molecule has 0 saturated heterocycles. The highest BCUT2D eigenvalue weighted by atomic mass is 19.1. The lowest BCUT2D eigenvalue weighted by Gasteiger charge is -2.06. The lowest BCUT2D eigenvalue weighted by atomic mass is 10.0. The van der Waals surface area contributed by atoms with E-state index in [0.717, 1.165) is 12.1 Å². The molecule has 1 aromatic carbocycles. The SMILES string of the molecule is C[C@@H](Cc1ccc(F)cc1F)C(=O)O. The lowest BCUT2D eigenvalue weighted by molar-refractivity contribution is -0.141. The second kappa shape index (κ2) is 4.17. The molecule has 1 aromatic rings. The third-order valence-electron chi connectivity index (χ3n) is 1.96. The second-order valence-corrected chi connectivity index (χ2v) is 3.18. The van der Waals surface area contributed by atoms with E-state index in [2.05, 4.69) is 0 Å². The van der Waals surface area contributed by atoms with Crippen LogP contribution in [-0.4, -0.2) is 11.1 Å². The van der Waals surface area contributed by atoms with E-state index < -0.39 is 23.5 Å². The molecular weight excluding hydrogens is 190 g/mol. The van der Waals surface area contributed by atoms with E-state index in [9.17, 15) is 13.6 Å². The van der Waals surface area contributed by atoms with Crippen LogP contribution < -0.4 is 0 Å². The highest BCUT2D eigenvalue weighted by molar-refractivity contribution is 5.69. The maximum atomic E-state index is 13.0. The van der Waals surface area contributed by atoms with Crippen molar-refractivity contribution in [3.8, 4) is 0 Å². The molecule has 0 aliphatic heterocycles.